The lowest BCUT2D eigenvalue weighted by Crippen LogP contribution is -2.29. The number of benzene rings is 1. The largest absolute Gasteiger partial charge is 0.493 e. The van der Waals surface area contributed by atoms with Crippen molar-refractivity contribution >= 4 is 5.91 Å². The summed E-state index contributed by atoms with van der Waals surface area (Å²) in [7, 11) is 0. The number of aromatic nitrogens is 1. The molecule has 1 aromatic carbocycles. The lowest BCUT2D eigenvalue weighted by molar-refractivity contribution is -0.121. The molecule has 0 saturated heterocycles. The second-order valence-corrected chi connectivity index (χ2v) is 5.78. The van der Waals surface area contributed by atoms with Gasteiger partial charge in [0, 0.05) is 17.5 Å². The van der Waals surface area contributed by atoms with Crippen molar-refractivity contribution in [2.24, 2.45) is 0 Å². The Hall–Kier alpha value is -2.43. The number of halogens is 1. The first-order valence-corrected chi connectivity index (χ1v) is 7.75. The summed E-state index contributed by atoms with van der Waals surface area (Å²) in [6.45, 7) is 2.48. The third-order valence-electron chi connectivity index (χ3n) is 3.91. The molecule has 0 unspecified atom stereocenters. The van der Waals surface area contributed by atoms with Gasteiger partial charge in [0.05, 0.1) is 19.1 Å². The van der Waals surface area contributed by atoms with Crippen LogP contribution >= 0.6 is 0 Å². The summed E-state index contributed by atoms with van der Waals surface area (Å²) < 4.78 is 19.2. The van der Waals surface area contributed by atoms with E-state index in [-0.39, 0.29) is 24.2 Å². The normalized spacial score (nSPS) is 16.9. The Balaban J connectivity index is 1.73. The molecule has 1 atom stereocenters. The summed E-state index contributed by atoms with van der Waals surface area (Å²) in [5.41, 5.74) is 2.48. The summed E-state index contributed by atoms with van der Waals surface area (Å²) in [6.07, 6.45) is 3.51. The molecule has 0 spiro atoms. The molecule has 1 aliphatic rings. The van der Waals surface area contributed by atoms with Crippen LogP contribution in [-0.4, -0.2) is 17.5 Å². The van der Waals surface area contributed by atoms with E-state index in [9.17, 15) is 9.18 Å². The minimum Gasteiger partial charge on any atom is -0.493 e. The fourth-order valence-corrected chi connectivity index (χ4v) is 2.73. The standard InChI is InChI=1S/C18H19FN2O2/c1-12-4-5-13(11-20-12)9-18(22)21-16-3-2-8-23-17-7-6-14(19)10-15(16)17/h4-7,10-11,16H,2-3,8-9H2,1H3,(H,21,22)/t16-/m0/s1. The monoisotopic (exact) mass is 314 g/mol. The molecule has 2 aromatic rings. The lowest BCUT2D eigenvalue weighted by atomic mass is 10.0. The summed E-state index contributed by atoms with van der Waals surface area (Å²) in [5, 5.41) is 2.99. The second kappa shape index (κ2) is 6.77. The number of fused-ring (bicyclic) bond motifs is 1. The number of rotatable bonds is 3. The number of hydrogen-bond acceptors (Lipinski definition) is 3. The van der Waals surface area contributed by atoms with Crippen molar-refractivity contribution in [1.82, 2.24) is 10.3 Å². The quantitative estimate of drug-likeness (QED) is 0.947. The van der Waals surface area contributed by atoms with Crippen LogP contribution < -0.4 is 10.1 Å². The molecule has 0 fully saturated rings. The van der Waals surface area contributed by atoms with Crippen molar-refractivity contribution < 1.29 is 13.9 Å². The first-order valence-electron chi connectivity index (χ1n) is 7.75. The maximum absolute atomic E-state index is 13.5. The molecule has 2 heterocycles. The summed E-state index contributed by atoms with van der Waals surface area (Å²) in [4.78, 5) is 16.5. The van der Waals surface area contributed by atoms with E-state index in [0.717, 1.165) is 24.1 Å². The van der Waals surface area contributed by atoms with Gasteiger partial charge in [0.15, 0.2) is 0 Å². The van der Waals surface area contributed by atoms with Crippen LogP contribution in [0.4, 0.5) is 4.39 Å². The van der Waals surface area contributed by atoms with Crippen molar-refractivity contribution in [3.05, 3.63) is 59.2 Å². The Morgan fingerprint density at radius 2 is 2.26 bits per heavy atom. The number of hydrogen-bond donors (Lipinski definition) is 1. The van der Waals surface area contributed by atoms with E-state index in [4.69, 9.17) is 4.74 Å². The highest BCUT2D eigenvalue weighted by Crippen LogP contribution is 2.32. The molecule has 1 aliphatic heterocycles. The van der Waals surface area contributed by atoms with Crippen LogP contribution in [-0.2, 0) is 11.2 Å². The molecule has 0 bridgehead atoms. The number of ether oxygens (including phenoxy) is 1. The molecule has 0 saturated carbocycles. The smallest absolute Gasteiger partial charge is 0.224 e. The molecule has 23 heavy (non-hydrogen) atoms. The Kier molecular flexibility index (Phi) is 4.55. The molecule has 120 valence electrons. The molecule has 1 amide bonds. The Labute approximate surface area is 134 Å². The van der Waals surface area contributed by atoms with Gasteiger partial charge >= 0.3 is 0 Å². The molecule has 5 heteroatoms. The molecule has 0 aliphatic carbocycles. The van der Waals surface area contributed by atoms with E-state index in [1.807, 2.05) is 19.1 Å². The Morgan fingerprint density at radius 1 is 1.39 bits per heavy atom. The number of pyridine rings is 1. The molecule has 4 nitrogen and oxygen atoms in total. The SMILES string of the molecule is Cc1ccc(CC(=O)N[C@H]2CCCOc3ccc(F)cc32)cn1. The zero-order chi connectivity index (χ0) is 16.2. The number of carbonyl (C=O) groups is 1. The Morgan fingerprint density at radius 3 is 3.04 bits per heavy atom. The third-order valence-corrected chi connectivity index (χ3v) is 3.91. The maximum Gasteiger partial charge on any atom is 0.224 e. The van der Waals surface area contributed by atoms with Gasteiger partial charge in [-0.1, -0.05) is 6.07 Å². The highest BCUT2D eigenvalue weighted by Gasteiger charge is 2.22. The van der Waals surface area contributed by atoms with Crippen LogP contribution in [0.15, 0.2) is 36.5 Å². The summed E-state index contributed by atoms with van der Waals surface area (Å²) in [5.74, 6) is 0.222. The van der Waals surface area contributed by atoms with E-state index in [1.165, 1.54) is 12.1 Å². The van der Waals surface area contributed by atoms with Gasteiger partial charge in [-0.15, -0.1) is 0 Å². The topological polar surface area (TPSA) is 51.2 Å². The van der Waals surface area contributed by atoms with E-state index in [0.29, 0.717) is 17.9 Å². The fourth-order valence-electron chi connectivity index (χ4n) is 2.73. The predicted octanol–water partition coefficient (Wildman–Crippen LogP) is 3.10. The zero-order valence-corrected chi connectivity index (χ0v) is 13.0. The van der Waals surface area contributed by atoms with Gasteiger partial charge in [0.1, 0.15) is 11.6 Å². The van der Waals surface area contributed by atoms with Gasteiger partial charge in [-0.2, -0.15) is 0 Å². The summed E-state index contributed by atoms with van der Waals surface area (Å²) in [6, 6.07) is 7.99. The number of nitrogens with zero attached hydrogens (tertiary/aromatic N) is 1. The van der Waals surface area contributed by atoms with E-state index >= 15 is 0 Å². The predicted molar refractivity (Wildman–Crippen MR) is 84.7 cm³/mol. The van der Waals surface area contributed by atoms with Gasteiger partial charge < -0.3 is 10.1 Å². The van der Waals surface area contributed by atoms with Crippen molar-refractivity contribution in [2.75, 3.05) is 6.61 Å². The third kappa shape index (κ3) is 3.86. The van der Waals surface area contributed by atoms with Crippen LogP contribution in [0.25, 0.3) is 0 Å². The minimum atomic E-state index is -0.323. The maximum atomic E-state index is 13.5. The van der Waals surface area contributed by atoms with Crippen molar-refractivity contribution in [3.8, 4) is 5.75 Å². The van der Waals surface area contributed by atoms with Crippen LogP contribution in [0, 0.1) is 12.7 Å². The van der Waals surface area contributed by atoms with E-state index in [1.54, 1.807) is 12.3 Å². The highest BCUT2D eigenvalue weighted by atomic mass is 19.1. The van der Waals surface area contributed by atoms with Crippen LogP contribution in [0.3, 0.4) is 0 Å². The zero-order valence-electron chi connectivity index (χ0n) is 13.0. The number of aryl methyl sites for hydroxylation is 1. The average molecular weight is 314 g/mol. The van der Waals surface area contributed by atoms with Gasteiger partial charge in [-0.05, 0) is 49.6 Å². The number of amides is 1. The Bertz CT molecular complexity index is 701. The first kappa shape index (κ1) is 15.5. The van der Waals surface area contributed by atoms with Gasteiger partial charge in [-0.25, -0.2) is 4.39 Å². The lowest BCUT2D eigenvalue weighted by Gasteiger charge is -2.18. The average Bonchev–Trinajstić information content (AvgIpc) is 2.72. The summed E-state index contributed by atoms with van der Waals surface area (Å²) >= 11 is 0. The van der Waals surface area contributed by atoms with Crippen LogP contribution in [0.1, 0.15) is 35.7 Å². The van der Waals surface area contributed by atoms with Crippen LogP contribution in [0.2, 0.25) is 0 Å². The van der Waals surface area contributed by atoms with Gasteiger partial charge in [0.25, 0.3) is 0 Å². The number of nitrogens with one attached hydrogen (secondary N) is 1. The molecule has 3 rings (SSSR count). The highest BCUT2D eigenvalue weighted by molar-refractivity contribution is 5.79. The molecule has 1 aromatic heterocycles. The molecular weight excluding hydrogens is 295 g/mol. The van der Waals surface area contributed by atoms with Gasteiger partial charge in [-0.3, -0.25) is 9.78 Å². The van der Waals surface area contributed by atoms with Crippen LogP contribution in [0.5, 0.6) is 5.75 Å². The first-order chi connectivity index (χ1) is 11.1. The molecule has 1 N–H and O–H groups in total. The number of carbonyl (C=O) groups excluding carboxylic acids is 1. The fraction of sp³-hybridized carbons (Fsp3) is 0.333. The van der Waals surface area contributed by atoms with Crippen molar-refractivity contribution in [2.45, 2.75) is 32.2 Å². The second-order valence-electron chi connectivity index (χ2n) is 5.78. The minimum absolute atomic E-state index is 0.0993. The van der Waals surface area contributed by atoms with Crippen molar-refractivity contribution in [3.63, 3.8) is 0 Å². The van der Waals surface area contributed by atoms with Crippen molar-refractivity contribution in [1.29, 1.82) is 0 Å². The molecular formula is C18H19FN2O2. The van der Waals surface area contributed by atoms with E-state index in [2.05, 4.69) is 10.3 Å². The van der Waals surface area contributed by atoms with Gasteiger partial charge in [0.2, 0.25) is 5.91 Å². The van der Waals surface area contributed by atoms with E-state index < -0.39 is 0 Å². The molecule has 0 radical (unpaired) electrons.